The minimum absolute atomic E-state index is 0.0126. The first-order chi connectivity index (χ1) is 14.2. The number of benzene rings is 1. The molecular weight excluding hydrogens is 384 g/mol. The highest BCUT2D eigenvalue weighted by molar-refractivity contribution is 6.02. The summed E-state index contributed by atoms with van der Waals surface area (Å²) in [5.41, 5.74) is -1.35. The average Bonchev–Trinajstić information content (AvgIpc) is 2.73. The summed E-state index contributed by atoms with van der Waals surface area (Å²) in [6.45, 7) is 7.14. The number of rotatable bonds is 9. The molecule has 1 atom stereocenters. The summed E-state index contributed by atoms with van der Waals surface area (Å²) in [6, 6.07) is 8.76. The number of esters is 1. The molecule has 0 saturated carbocycles. The number of fused-ring (bicyclic) bond motifs is 1. The lowest BCUT2D eigenvalue weighted by Crippen LogP contribution is -2.50. The van der Waals surface area contributed by atoms with E-state index in [0.717, 1.165) is 19.3 Å². The van der Waals surface area contributed by atoms with E-state index in [1.54, 1.807) is 31.2 Å². The van der Waals surface area contributed by atoms with Crippen LogP contribution in [0.25, 0.3) is 10.8 Å². The van der Waals surface area contributed by atoms with E-state index >= 15 is 0 Å². The number of hydrogen-bond acceptors (Lipinski definition) is 6. The number of aromatic nitrogens is 2. The van der Waals surface area contributed by atoms with Crippen LogP contribution in [-0.4, -0.2) is 33.8 Å². The van der Waals surface area contributed by atoms with Crippen molar-refractivity contribution in [1.82, 2.24) is 15.1 Å². The molecule has 2 rings (SSSR count). The Kier molecular flexibility index (Phi) is 7.70. The molecule has 0 aliphatic heterocycles. The molecule has 0 bridgehead atoms. The Bertz CT molecular complexity index is 1020. The molecule has 0 spiro atoms. The van der Waals surface area contributed by atoms with Gasteiger partial charge in [0, 0.05) is 11.9 Å². The van der Waals surface area contributed by atoms with Crippen molar-refractivity contribution in [2.45, 2.75) is 59.0 Å². The third-order valence-electron chi connectivity index (χ3n) is 5.15. The molecular formula is C22H28N4O4. The van der Waals surface area contributed by atoms with E-state index in [1.807, 2.05) is 13.8 Å². The summed E-state index contributed by atoms with van der Waals surface area (Å²) < 4.78 is 6.43. The molecule has 1 heterocycles. The van der Waals surface area contributed by atoms with E-state index < -0.39 is 24.0 Å². The minimum Gasteiger partial charge on any atom is -0.451 e. The molecule has 0 fully saturated rings. The van der Waals surface area contributed by atoms with E-state index in [0.29, 0.717) is 17.3 Å². The monoisotopic (exact) mass is 412 g/mol. The van der Waals surface area contributed by atoms with Gasteiger partial charge in [0.1, 0.15) is 5.54 Å². The average molecular weight is 412 g/mol. The smallest absolute Gasteiger partial charge is 0.359 e. The van der Waals surface area contributed by atoms with E-state index in [-0.39, 0.29) is 17.2 Å². The summed E-state index contributed by atoms with van der Waals surface area (Å²) in [5, 5.41) is 16.9. The van der Waals surface area contributed by atoms with Gasteiger partial charge in [0.15, 0.2) is 12.3 Å². The SMILES string of the molecule is CCCCCn1nc(C(=O)OCC(=O)N[C@@](C)(C#N)C(C)C)c2ccccc2c1=O. The van der Waals surface area contributed by atoms with E-state index in [1.165, 1.54) is 4.68 Å². The first kappa shape index (κ1) is 23.1. The predicted octanol–water partition coefficient (Wildman–Crippen LogP) is 2.80. The molecule has 8 heteroatoms. The fourth-order valence-corrected chi connectivity index (χ4v) is 2.88. The van der Waals surface area contributed by atoms with Gasteiger partial charge in [0.2, 0.25) is 0 Å². The van der Waals surface area contributed by atoms with Gasteiger partial charge in [-0.25, -0.2) is 9.48 Å². The van der Waals surface area contributed by atoms with Crippen molar-refractivity contribution in [3.63, 3.8) is 0 Å². The quantitative estimate of drug-likeness (QED) is 0.500. The van der Waals surface area contributed by atoms with Crippen LogP contribution in [0.2, 0.25) is 0 Å². The Morgan fingerprint density at radius 1 is 1.27 bits per heavy atom. The highest BCUT2D eigenvalue weighted by Gasteiger charge is 2.30. The number of nitrogens with one attached hydrogen (secondary N) is 1. The van der Waals surface area contributed by atoms with Crippen molar-refractivity contribution in [3.05, 3.63) is 40.3 Å². The van der Waals surface area contributed by atoms with Crippen molar-refractivity contribution in [2.75, 3.05) is 6.61 Å². The van der Waals surface area contributed by atoms with E-state index in [2.05, 4.69) is 23.4 Å². The second kappa shape index (κ2) is 10.0. The van der Waals surface area contributed by atoms with Crippen molar-refractivity contribution in [2.24, 2.45) is 5.92 Å². The fraction of sp³-hybridized carbons (Fsp3) is 0.500. The standard InChI is InChI=1S/C22H28N4O4/c1-5-6-9-12-26-20(28)17-11-8-7-10-16(17)19(25-26)21(29)30-13-18(27)24-22(4,14-23)15(2)3/h7-8,10-11,15H,5-6,9,12-13H2,1-4H3,(H,24,27)/t22-/m0/s1. The number of nitrogens with zero attached hydrogens (tertiary/aromatic N) is 3. The molecule has 8 nitrogen and oxygen atoms in total. The maximum atomic E-state index is 12.7. The molecule has 1 amide bonds. The van der Waals surface area contributed by atoms with Gasteiger partial charge in [0.25, 0.3) is 11.5 Å². The van der Waals surface area contributed by atoms with Crippen LogP contribution in [-0.2, 0) is 16.1 Å². The zero-order valence-electron chi connectivity index (χ0n) is 17.9. The lowest BCUT2D eigenvalue weighted by molar-refractivity contribution is -0.125. The molecule has 0 saturated heterocycles. The van der Waals surface area contributed by atoms with E-state index in [9.17, 15) is 19.6 Å². The largest absolute Gasteiger partial charge is 0.451 e. The summed E-state index contributed by atoms with van der Waals surface area (Å²) in [6.07, 6.45) is 2.69. The van der Waals surface area contributed by atoms with Crippen LogP contribution in [0.4, 0.5) is 0 Å². The number of amides is 1. The number of ether oxygens (including phenoxy) is 1. The van der Waals surface area contributed by atoms with Gasteiger partial charge in [-0.1, -0.05) is 51.8 Å². The Morgan fingerprint density at radius 3 is 2.53 bits per heavy atom. The van der Waals surface area contributed by atoms with Crippen molar-refractivity contribution < 1.29 is 14.3 Å². The predicted molar refractivity (Wildman–Crippen MR) is 113 cm³/mol. The topological polar surface area (TPSA) is 114 Å². The summed E-state index contributed by atoms with van der Waals surface area (Å²) in [4.78, 5) is 37.6. The maximum absolute atomic E-state index is 12.7. The summed E-state index contributed by atoms with van der Waals surface area (Å²) in [7, 11) is 0. The van der Waals surface area contributed by atoms with Crippen molar-refractivity contribution in [3.8, 4) is 6.07 Å². The fourth-order valence-electron chi connectivity index (χ4n) is 2.88. The first-order valence-electron chi connectivity index (χ1n) is 10.1. The normalized spacial score (nSPS) is 12.9. The maximum Gasteiger partial charge on any atom is 0.359 e. The molecule has 160 valence electrons. The van der Waals surface area contributed by atoms with Crippen LogP contribution >= 0.6 is 0 Å². The zero-order valence-corrected chi connectivity index (χ0v) is 17.9. The van der Waals surface area contributed by atoms with Crippen LogP contribution < -0.4 is 10.9 Å². The molecule has 30 heavy (non-hydrogen) atoms. The van der Waals surface area contributed by atoms with Gasteiger partial charge in [-0.15, -0.1) is 0 Å². The van der Waals surface area contributed by atoms with Crippen LogP contribution in [0, 0.1) is 17.2 Å². The zero-order chi connectivity index (χ0) is 22.3. The molecule has 0 aliphatic rings. The van der Waals surface area contributed by atoms with Gasteiger partial charge < -0.3 is 10.1 Å². The third-order valence-corrected chi connectivity index (χ3v) is 5.15. The lowest BCUT2D eigenvalue weighted by atomic mass is 9.90. The van der Waals surface area contributed by atoms with Crippen LogP contribution in [0.1, 0.15) is 57.4 Å². The first-order valence-corrected chi connectivity index (χ1v) is 10.1. The Morgan fingerprint density at radius 2 is 1.93 bits per heavy atom. The summed E-state index contributed by atoms with van der Waals surface area (Å²) in [5.74, 6) is -1.50. The number of aryl methyl sites for hydroxylation is 1. The Balaban J connectivity index is 2.23. The van der Waals surface area contributed by atoms with Gasteiger partial charge in [0.05, 0.1) is 11.5 Å². The molecule has 1 N–H and O–H groups in total. The van der Waals surface area contributed by atoms with Gasteiger partial charge in [-0.2, -0.15) is 10.4 Å². The molecule has 1 aromatic heterocycles. The molecule has 0 radical (unpaired) electrons. The van der Waals surface area contributed by atoms with Crippen LogP contribution in [0.3, 0.4) is 0 Å². The van der Waals surface area contributed by atoms with Crippen LogP contribution in [0.5, 0.6) is 0 Å². The Labute approximate surface area is 175 Å². The lowest BCUT2D eigenvalue weighted by Gasteiger charge is -2.27. The molecule has 0 aliphatic carbocycles. The molecule has 2 aromatic rings. The second-order valence-corrected chi connectivity index (χ2v) is 7.72. The van der Waals surface area contributed by atoms with Crippen molar-refractivity contribution >= 4 is 22.6 Å². The number of nitriles is 1. The second-order valence-electron chi connectivity index (χ2n) is 7.72. The van der Waals surface area contributed by atoms with E-state index in [4.69, 9.17) is 4.74 Å². The highest BCUT2D eigenvalue weighted by atomic mass is 16.5. The van der Waals surface area contributed by atoms with Crippen LogP contribution in [0.15, 0.2) is 29.1 Å². The van der Waals surface area contributed by atoms with Gasteiger partial charge >= 0.3 is 5.97 Å². The number of unbranched alkanes of at least 4 members (excludes halogenated alkanes) is 2. The Hall–Kier alpha value is -3.21. The summed E-state index contributed by atoms with van der Waals surface area (Å²) >= 11 is 0. The van der Waals surface area contributed by atoms with Gasteiger partial charge in [-0.05, 0) is 25.3 Å². The molecule has 1 aromatic carbocycles. The minimum atomic E-state index is -1.07. The number of carbonyl (C=O) groups is 2. The van der Waals surface area contributed by atoms with Crippen molar-refractivity contribution in [1.29, 1.82) is 5.26 Å². The molecule has 0 unspecified atom stereocenters. The highest BCUT2D eigenvalue weighted by Crippen LogP contribution is 2.16. The number of hydrogen-bond donors (Lipinski definition) is 1. The van der Waals surface area contributed by atoms with Gasteiger partial charge in [-0.3, -0.25) is 9.59 Å². The third kappa shape index (κ3) is 5.23. The number of carbonyl (C=O) groups excluding carboxylic acids is 2.